The Morgan fingerprint density at radius 3 is 2.33 bits per heavy atom. The summed E-state index contributed by atoms with van der Waals surface area (Å²) in [5, 5.41) is 12.1. The zero-order chi connectivity index (χ0) is 15.6. The van der Waals surface area contributed by atoms with E-state index in [1.807, 2.05) is 4.90 Å². The third-order valence-corrected chi connectivity index (χ3v) is 4.80. The minimum Gasteiger partial charge on any atom is -0.480 e. The van der Waals surface area contributed by atoms with E-state index in [4.69, 9.17) is 5.11 Å². The van der Waals surface area contributed by atoms with Crippen LogP contribution in [0.25, 0.3) is 0 Å². The van der Waals surface area contributed by atoms with Gasteiger partial charge in [-0.25, -0.2) is 4.79 Å². The van der Waals surface area contributed by atoms with Gasteiger partial charge in [0.15, 0.2) is 0 Å². The van der Waals surface area contributed by atoms with E-state index in [1.54, 1.807) is 11.8 Å². The van der Waals surface area contributed by atoms with Gasteiger partial charge in [0.2, 0.25) is 0 Å². The van der Waals surface area contributed by atoms with Crippen LogP contribution in [0.15, 0.2) is 0 Å². The molecule has 0 aromatic heterocycles. The van der Waals surface area contributed by atoms with Gasteiger partial charge in [-0.1, -0.05) is 13.8 Å². The second kappa shape index (κ2) is 6.22. The largest absolute Gasteiger partial charge is 0.480 e. The van der Waals surface area contributed by atoms with E-state index < -0.39 is 12.0 Å². The van der Waals surface area contributed by atoms with E-state index in [9.17, 15) is 9.59 Å². The van der Waals surface area contributed by atoms with E-state index in [0.717, 1.165) is 19.3 Å². The molecule has 2 amide bonds. The van der Waals surface area contributed by atoms with Crippen molar-refractivity contribution in [2.24, 2.45) is 5.41 Å². The van der Waals surface area contributed by atoms with Gasteiger partial charge in [0.1, 0.15) is 6.04 Å². The van der Waals surface area contributed by atoms with Crippen LogP contribution >= 0.6 is 0 Å². The summed E-state index contributed by atoms with van der Waals surface area (Å²) >= 11 is 0. The quantitative estimate of drug-likeness (QED) is 0.825. The molecule has 1 aliphatic heterocycles. The molecule has 1 saturated carbocycles. The average molecular weight is 297 g/mol. The van der Waals surface area contributed by atoms with Gasteiger partial charge in [0.05, 0.1) is 0 Å². The van der Waals surface area contributed by atoms with Crippen molar-refractivity contribution in [3.05, 3.63) is 0 Å². The third kappa shape index (κ3) is 4.09. The fourth-order valence-electron chi connectivity index (χ4n) is 3.29. The summed E-state index contributed by atoms with van der Waals surface area (Å²) in [6.07, 6.45) is 3.24. The molecule has 2 aliphatic rings. The molecule has 6 nitrogen and oxygen atoms in total. The van der Waals surface area contributed by atoms with Crippen LogP contribution in [0.2, 0.25) is 0 Å². The van der Waals surface area contributed by atoms with Crippen LogP contribution in [0.1, 0.15) is 40.0 Å². The second-order valence-corrected chi connectivity index (χ2v) is 7.09. The maximum absolute atomic E-state index is 12.3. The minimum atomic E-state index is -0.805. The molecule has 1 heterocycles. The molecular weight excluding hydrogens is 270 g/mol. The predicted molar refractivity (Wildman–Crippen MR) is 80.2 cm³/mol. The van der Waals surface area contributed by atoms with Crippen LogP contribution in [-0.2, 0) is 4.79 Å². The van der Waals surface area contributed by atoms with Gasteiger partial charge in [-0.3, -0.25) is 9.69 Å². The van der Waals surface area contributed by atoms with Gasteiger partial charge in [0, 0.05) is 32.2 Å². The number of aliphatic carboxylic acids is 1. The molecule has 2 N–H and O–H groups in total. The highest BCUT2D eigenvalue weighted by molar-refractivity contribution is 5.75. The molecule has 0 bridgehead atoms. The van der Waals surface area contributed by atoms with Crippen LogP contribution < -0.4 is 5.32 Å². The molecule has 2 fully saturated rings. The first-order valence-corrected chi connectivity index (χ1v) is 7.81. The Hall–Kier alpha value is -1.30. The van der Waals surface area contributed by atoms with Gasteiger partial charge in [-0.05, 0) is 31.6 Å². The number of carboxylic acids is 1. The summed E-state index contributed by atoms with van der Waals surface area (Å²) in [7, 11) is 0. The Morgan fingerprint density at radius 2 is 1.86 bits per heavy atom. The van der Waals surface area contributed by atoms with E-state index in [0.29, 0.717) is 31.6 Å². The third-order valence-electron chi connectivity index (χ3n) is 4.80. The monoisotopic (exact) mass is 297 g/mol. The Bertz CT molecular complexity index is 403. The summed E-state index contributed by atoms with van der Waals surface area (Å²) < 4.78 is 0. The Labute approximate surface area is 126 Å². The van der Waals surface area contributed by atoms with E-state index in [2.05, 4.69) is 19.2 Å². The number of piperazine rings is 1. The lowest BCUT2D eigenvalue weighted by Crippen LogP contribution is -2.56. The van der Waals surface area contributed by atoms with Crippen molar-refractivity contribution in [2.45, 2.75) is 52.1 Å². The number of hydrogen-bond acceptors (Lipinski definition) is 3. The van der Waals surface area contributed by atoms with Crippen LogP contribution in [0.3, 0.4) is 0 Å². The fourth-order valence-corrected chi connectivity index (χ4v) is 3.29. The summed E-state index contributed by atoms with van der Waals surface area (Å²) in [6.45, 7) is 8.61. The topological polar surface area (TPSA) is 72.9 Å². The van der Waals surface area contributed by atoms with E-state index >= 15 is 0 Å². The summed E-state index contributed by atoms with van der Waals surface area (Å²) in [5.74, 6) is -0.805. The number of rotatable bonds is 3. The normalized spacial score (nSPS) is 27.4. The van der Waals surface area contributed by atoms with Crippen molar-refractivity contribution >= 4 is 12.0 Å². The highest BCUT2D eigenvalue weighted by atomic mass is 16.4. The minimum absolute atomic E-state index is 0.000304. The lowest BCUT2D eigenvalue weighted by molar-refractivity contribution is -0.143. The molecular formula is C15H27N3O3. The lowest BCUT2D eigenvalue weighted by Gasteiger charge is -2.37. The molecule has 1 aliphatic carbocycles. The number of carbonyl (C=O) groups excluding carboxylic acids is 1. The van der Waals surface area contributed by atoms with Crippen LogP contribution in [-0.4, -0.2) is 65.2 Å². The molecule has 0 spiro atoms. The van der Waals surface area contributed by atoms with Crippen molar-refractivity contribution in [1.29, 1.82) is 0 Å². The maximum atomic E-state index is 12.3. The average Bonchev–Trinajstić information content (AvgIpc) is 2.77. The maximum Gasteiger partial charge on any atom is 0.320 e. The Balaban J connectivity index is 1.77. The molecule has 2 atom stereocenters. The summed E-state index contributed by atoms with van der Waals surface area (Å²) in [5.41, 5.74) is 0.327. The first kappa shape index (κ1) is 16.1. The van der Waals surface area contributed by atoms with Crippen LogP contribution in [0.4, 0.5) is 4.79 Å². The second-order valence-electron chi connectivity index (χ2n) is 7.09. The van der Waals surface area contributed by atoms with Crippen molar-refractivity contribution in [2.75, 3.05) is 26.2 Å². The molecule has 6 heteroatoms. The number of hydrogen-bond donors (Lipinski definition) is 2. The van der Waals surface area contributed by atoms with Crippen molar-refractivity contribution in [3.63, 3.8) is 0 Å². The predicted octanol–water partition coefficient (Wildman–Crippen LogP) is 1.37. The molecule has 0 aromatic carbocycles. The smallest absolute Gasteiger partial charge is 0.320 e. The van der Waals surface area contributed by atoms with Gasteiger partial charge >= 0.3 is 12.0 Å². The molecule has 21 heavy (non-hydrogen) atoms. The number of urea groups is 1. The number of carbonyl (C=O) groups is 2. The molecule has 0 radical (unpaired) electrons. The Kier molecular flexibility index (Phi) is 4.76. The zero-order valence-electron chi connectivity index (χ0n) is 13.3. The highest BCUT2D eigenvalue weighted by Gasteiger charge is 2.33. The van der Waals surface area contributed by atoms with Crippen LogP contribution in [0, 0.1) is 5.41 Å². The standard InChI is InChI=1S/C15H27N3O3/c1-11(13(19)20)17-6-8-18(9-7-17)14(21)16-12-4-5-15(2,3)10-12/h11-12H,4-10H2,1-3H3,(H,16,21)(H,19,20). The fraction of sp³-hybridized carbons (Fsp3) is 0.867. The molecule has 2 rings (SSSR count). The van der Waals surface area contributed by atoms with Gasteiger partial charge < -0.3 is 15.3 Å². The SMILES string of the molecule is CC(C(=O)O)N1CCN(C(=O)NC2CCC(C)(C)C2)CC1. The zero-order valence-corrected chi connectivity index (χ0v) is 13.3. The van der Waals surface area contributed by atoms with Gasteiger partial charge in [-0.2, -0.15) is 0 Å². The number of nitrogens with one attached hydrogen (secondary N) is 1. The van der Waals surface area contributed by atoms with Crippen molar-refractivity contribution in [3.8, 4) is 0 Å². The molecule has 0 aromatic rings. The van der Waals surface area contributed by atoms with Gasteiger partial charge in [-0.15, -0.1) is 0 Å². The van der Waals surface area contributed by atoms with E-state index in [1.165, 1.54) is 0 Å². The first-order valence-electron chi connectivity index (χ1n) is 7.81. The number of carboxylic acid groups (broad SMARTS) is 1. The number of nitrogens with zero attached hydrogens (tertiary/aromatic N) is 2. The first-order chi connectivity index (χ1) is 9.78. The summed E-state index contributed by atoms with van der Waals surface area (Å²) in [6, 6.07) is -0.199. The highest BCUT2D eigenvalue weighted by Crippen LogP contribution is 2.36. The van der Waals surface area contributed by atoms with Crippen molar-refractivity contribution < 1.29 is 14.7 Å². The van der Waals surface area contributed by atoms with E-state index in [-0.39, 0.29) is 12.1 Å². The molecule has 2 unspecified atom stereocenters. The van der Waals surface area contributed by atoms with Crippen LogP contribution in [0.5, 0.6) is 0 Å². The van der Waals surface area contributed by atoms with Gasteiger partial charge in [0.25, 0.3) is 0 Å². The molecule has 1 saturated heterocycles. The number of amides is 2. The van der Waals surface area contributed by atoms with Crippen molar-refractivity contribution in [1.82, 2.24) is 15.1 Å². The lowest BCUT2D eigenvalue weighted by atomic mass is 9.92. The molecule has 120 valence electrons. The summed E-state index contributed by atoms with van der Waals surface area (Å²) in [4.78, 5) is 26.9. The Morgan fingerprint density at radius 1 is 1.24 bits per heavy atom.